The largest absolute Gasteiger partial charge is 0.389 e. The molecule has 1 rings (SSSR count). The van der Waals surface area contributed by atoms with Crippen LogP contribution in [0.3, 0.4) is 0 Å². The molecule has 17 heavy (non-hydrogen) atoms. The van der Waals surface area contributed by atoms with Gasteiger partial charge in [0, 0.05) is 25.4 Å². The van der Waals surface area contributed by atoms with E-state index in [0.717, 1.165) is 6.42 Å². The summed E-state index contributed by atoms with van der Waals surface area (Å²) in [6.07, 6.45) is -2.94. The molecule has 2 unspecified atom stereocenters. The zero-order valence-corrected chi connectivity index (χ0v) is 10.4. The monoisotopic (exact) mass is 251 g/mol. The van der Waals surface area contributed by atoms with Gasteiger partial charge in [-0.05, 0) is 32.1 Å². The van der Waals surface area contributed by atoms with Gasteiger partial charge in [0.25, 0.3) is 0 Å². The summed E-state index contributed by atoms with van der Waals surface area (Å²) in [5, 5.41) is 0. The first-order valence-corrected chi connectivity index (χ1v) is 6.19. The van der Waals surface area contributed by atoms with E-state index in [1.165, 1.54) is 0 Å². The van der Waals surface area contributed by atoms with Crippen molar-refractivity contribution in [1.29, 1.82) is 0 Å². The van der Waals surface area contributed by atoms with Gasteiger partial charge >= 0.3 is 6.18 Å². The van der Waals surface area contributed by atoms with Crippen LogP contribution in [0.25, 0.3) is 0 Å². The van der Waals surface area contributed by atoms with E-state index in [1.54, 1.807) is 4.90 Å². The molecule has 1 heterocycles. The van der Waals surface area contributed by atoms with Crippen LogP contribution in [0.2, 0.25) is 0 Å². The topological polar surface area (TPSA) is 20.3 Å². The van der Waals surface area contributed by atoms with Crippen molar-refractivity contribution in [3.05, 3.63) is 0 Å². The molecule has 100 valence electrons. The molecule has 1 amide bonds. The van der Waals surface area contributed by atoms with E-state index in [0.29, 0.717) is 19.4 Å². The molecule has 2 nitrogen and oxygen atoms in total. The molecule has 0 radical (unpaired) electrons. The predicted octanol–water partition coefficient (Wildman–Crippen LogP) is 3.37. The number of hydrogen-bond acceptors (Lipinski definition) is 1. The number of halogens is 3. The first-order chi connectivity index (χ1) is 7.83. The van der Waals surface area contributed by atoms with Gasteiger partial charge in [-0.2, -0.15) is 13.2 Å². The van der Waals surface area contributed by atoms with Crippen LogP contribution < -0.4 is 0 Å². The fourth-order valence-corrected chi connectivity index (χ4v) is 2.28. The number of hydrogen-bond donors (Lipinski definition) is 0. The minimum absolute atomic E-state index is 0.00373. The SMILES string of the molecule is CCC(C)N1CCC(CC(F)(F)F)CCC1=O. The minimum Gasteiger partial charge on any atom is -0.340 e. The molecule has 0 aromatic carbocycles. The molecule has 0 aromatic heterocycles. The highest BCUT2D eigenvalue weighted by atomic mass is 19.4. The molecule has 0 aliphatic carbocycles. The van der Waals surface area contributed by atoms with Gasteiger partial charge in [-0.15, -0.1) is 0 Å². The highest BCUT2D eigenvalue weighted by molar-refractivity contribution is 5.76. The lowest BCUT2D eigenvalue weighted by atomic mass is 9.97. The molecule has 0 N–H and O–H groups in total. The zero-order chi connectivity index (χ0) is 13.1. The van der Waals surface area contributed by atoms with Gasteiger partial charge in [0.05, 0.1) is 0 Å². The Labute approximate surface area is 100 Å². The third kappa shape index (κ3) is 4.56. The fourth-order valence-electron chi connectivity index (χ4n) is 2.28. The number of rotatable bonds is 3. The van der Waals surface area contributed by atoms with Crippen LogP contribution in [-0.4, -0.2) is 29.6 Å². The molecule has 1 fully saturated rings. The van der Waals surface area contributed by atoms with Crippen molar-refractivity contribution in [2.45, 2.75) is 58.2 Å². The lowest BCUT2D eigenvalue weighted by Crippen LogP contribution is -2.37. The van der Waals surface area contributed by atoms with Gasteiger partial charge in [0.1, 0.15) is 0 Å². The average Bonchev–Trinajstić information content (AvgIpc) is 2.38. The number of alkyl halides is 3. The van der Waals surface area contributed by atoms with Crippen molar-refractivity contribution in [1.82, 2.24) is 4.90 Å². The van der Waals surface area contributed by atoms with E-state index in [9.17, 15) is 18.0 Å². The fraction of sp³-hybridized carbons (Fsp3) is 0.917. The van der Waals surface area contributed by atoms with E-state index in [2.05, 4.69) is 0 Å². The molecular weight excluding hydrogens is 231 g/mol. The van der Waals surface area contributed by atoms with E-state index >= 15 is 0 Å². The Morgan fingerprint density at radius 3 is 2.59 bits per heavy atom. The van der Waals surface area contributed by atoms with E-state index < -0.39 is 18.5 Å². The highest BCUT2D eigenvalue weighted by Gasteiger charge is 2.34. The van der Waals surface area contributed by atoms with Crippen LogP contribution >= 0.6 is 0 Å². The van der Waals surface area contributed by atoms with E-state index in [1.807, 2.05) is 13.8 Å². The van der Waals surface area contributed by atoms with Crippen molar-refractivity contribution in [2.24, 2.45) is 5.92 Å². The minimum atomic E-state index is -4.11. The third-order valence-corrected chi connectivity index (χ3v) is 3.51. The van der Waals surface area contributed by atoms with Crippen LogP contribution in [0.4, 0.5) is 13.2 Å². The van der Waals surface area contributed by atoms with Gasteiger partial charge in [0.15, 0.2) is 0 Å². The Bertz CT molecular complexity index is 265. The normalized spacial score (nSPS) is 24.6. The predicted molar refractivity (Wildman–Crippen MR) is 59.5 cm³/mol. The molecule has 0 aromatic rings. The lowest BCUT2D eigenvalue weighted by molar-refractivity contribution is -0.145. The molecule has 2 atom stereocenters. The van der Waals surface area contributed by atoms with E-state index in [4.69, 9.17) is 0 Å². The summed E-state index contributed by atoms with van der Waals surface area (Å²) < 4.78 is 36.9. The molecule has 1 aliphatic rings. The van der Waals surface area contributed by atoms with Crippen LogP contribution in [0.5, 0.6) is 0 Å². The molecule has 1 saturated heterocycles. The maximum atomic E-state index is 12.3. The molecule has 0 saturated carbocycles. The van der Waals surface area contributed by atoms with Crippen molar-refractivity contribution in [2.75, 3.05) is 6.54 Å². The second kappa shape index (κ2) is 5.74. The maximum absolute atomic E-state index is 12.3. The number of carbonyl (C=O) groups is 1. The summed E-state index contributed by atoms with van der Waals surface area (Å²) in [5.74, 6) is -0.392. The summed E-state index contributed by atoms with van der Waals surface area (Å²) >= 11 is 0. The first-order valence-electron chi connectivity index (χ1n) is 6.19. The van der Waals surface area contributed by atoms with Crippen molar-refractivity contribution >= 4 is 5.91 Å². The summed E-state index contributed by atoms with van der Waals surface area (Å²) in [7, 11) is 0. The maximum Gasteiger partial charge on any atom is 0.389 e. The second-order valence-corrected chi connectivity index (χ2v) is 4.86. The van der Waals surface area contributed by atoms with Crippen molar-refractivity contribution in [3.8, 4) is 0 Å². The Kier molecular flexibility index (Phi) is 4.83. The van der Waals surface area contributed by atoms with Crippen LogP contribution in [-0.2, 0) is 4.79 Å². The van der Waals surface area contributed by atoms with Gasteiger partial charge in [-0.1, -0.05) is 6.92 Å². The van der Waals surface area contributed by atoms with Gasteiger partial charge in [-0.25, -0.2) is 0 Å². The standard InChI is InChI=1S/C12H20F3NO/c1-3-9(2)16-7-6-10(4-5-11(16)17)8-12(13,14)15/h9-10H,3-8H2,1-2H3. The molecule has 0 spiro atoms. The summed E-state index contributed by atoms with van der Waals surface area (Å²) in [6.45, 7) is 4.40. The Morgan fingerprint density at radius 2 is 2.06 bits per heavy atom. The quantitative estimate of drug-likeness (QED) is 0.753. The van der Waals surface area contributed by atoms with Crippen LogP contribution in [0.15, 0.2) is 0 Å². The second-order valence-electron chi connectivity index (χ2n) is 4.86. The summed E-state index contributed by atoms with van der Waals surface area (Å²) in [4.78, 5) is 13.5. The Morgan fingerprint density at radius 1 is 1.41 bits per heavy atom. The number of likely N-dealkylation sites (tertiary alicyclic amines) is 1. The van der Waals surface area contributed by atoms with Crippen molar-refractivity contribution < 1.29 is 18.0 Å². The summed E-state index contributed by atoms with van der Waals surface area (Å²) in [5.41, 5.74) is 0. The van der Waals surface area contributed by atoms with E-state index in [-0.39, 0.29) is 18.4 Å². The molecule has 5 heteroatoms. The number of carbonyl (C=O) groups excluding carboxylic acids is 1. The lowest BCUT2D eigenvalue weighted by Gasteiger charge is -2.27. The van der Waals surface area contributed by atoms with Gasteiger partial charge in [0.2, 0.25) is 5.91 Å². The molecular formula is C12H20F3NO. The Hall–Kier alpha value is -0.740. The Balaban J connectivity index is 2.56. The van der Waals surface area contributed by atoms with Gasteiger partial charge < -0.3 is 4.90 Å². The van der Waals surface area contributed by atoms with Crippen molar-refractivity contribution in [3.63, 3.8) is 0 Å². The number of nitrogens with zero attached hydrogens (tertiary/aromatic N) is 1. The van der Waals surface area contributed by atoms with Gasteiger partial charge in [-0.3, -0.25) is 4.79 Å². The summed E-state index contributed by atoms with van der Waals surface area (Å²) in [6, 6.07) is 0.132. The zero-order valence-electron chi connectivity index (χ0n) is 10.4. The van der Waals surface area contributed by atoms with Crippen LogP contribution in [0.1, 0.15) is 46.0 Å². The molecule has 1 aliphatic heterocycles. The third-order valence-electron chi connectivity index (χ3n) is 3.51. The van der Waals surface area contributed by atoms with Crippen LogP contribution in [0, 0.1) is 5.92 Å². The molecule has 0 bridgehead atoms. The highest BCUT2D eigenvalue weighted by Crippen LogP contribution is 2.31. The first kappa shape index (κ1) is 14.3. The average molecular weight is 251 g/mol. The smallest absolute Gasteiger partial charge is 0.340 e. The number of amides is 1.